The van der Waals surface area contributed by atoms with Gasteiger partial charge in [-0.2, -0.15) is 0 Å². The molecule has 1 saturated heterocycles. The van der Waals surface area contributed by atoms with Crippen LogP contribution in [0, 0.1) is 20.2 Å². The van der Waals surface area contributed by atoms with Gasteiger partial charge in [0.1, 0.15) is 6.61 Å². The summed E-state index contributed by atoms with van der Waals surface area (Å²) < 4.78 is 12.2. The summed E-state index contributed by atoms with van der Waals surface area (Å²) in [6.45, 7) is 0.155. The van der Waals surface area contributed by atoms with Gasteiger partial charge in [0.15, 0.2) is 15.8 Å². The second kappa shape index (κ2) is 11.1. The van der Waals surface area contributed by atoms with Crippen molar-refractivity contribution in [2.24, 2.45) is 0 Å². The van der Waals surface area contributed by atoms with Crippen molar-refractivity contribution in [1.82, 2.24) is 0 Å². The van der Waals surface area contributed by atoms with Gasteiger partial charge in [-0.3, -0.25) is 29.9 Å². The number of thioether (sulfide) groups is 1. The minimum absolute atomic E-state index is 0.00988. The molecule has 1 fully saturated rings. The molecule has 1 aliphatic rings. The first-order valence-electron chi connectivity index (χ1n) is 10.4. The zero-order valence-electron chi connectivity index (χ0n) is 19.0. The first kappa shape index (κ1) is 26.3. The van der Waals surface area contributed by atoms with Gasteiger partial charge in [-0.15, -0.1) is 0 Å². The highest BCUT2D eigenvalue weighted by atomic mass is 79.9. The molecule has 1 amide bonds. The lowest BCUT2D eigenvalue weighted by molar-refractivity contribution is -0.385. The molecule has 1 aliphatic heterocycles. The Balaban J connectivity index is 1.56. The van der Waals surface area contributed by atoms with Gasteiger partial charge in [0.05, 0.1) is 27.5 Å². The van der Waals surface area contributed by atoms with Crippen molar-refractivity contribution in [2.75, 3.05) is 12.0 Å². The number of carbonyl (C=O) groups is 1. The van der Waals surface area contributed by atoms with E-state index in [4.69, 9.17) is 21.7 Å². The summed E-state index contributed by atoms with van der Waals surface area (Å²) in [5.74, 6) is 0.430. The van der Waals surface area contributed by atoms with E-state index in [0.717, 1.165) is 17.3 Å². The Bertz CT molecular complexity index is 1460. The number of non-ortho nitro benzene ring substituents is 2. The predicted molar refractivity (Wildman–Crippen MR) is 147 cm³/mol. The smallest absolute Gasteiger partial charge is 0.271 e. The molecule has 0 bridgehead atoms. The van der Waals surface area contributed by atoms with Crippen LogP contribution in [-0.2, 0) is 11.4 Å². The molecule has 13 heteroatoms. The molecule has 188 valence electrons. The number of carbonyl (C=O) groups excluding carboxylic acids is 1. The van der Waals surface area contributed by atoms with Crippen molar-refractivity contribution in [1.29, 1.82) is 0 Å². The van der Waals surface area contributed by atoms with Crippen molar-refractivity contribution in [2.45, 2.75) is 6.61 Å². The monoisotopic (exact) mass is 601 g/mol. The molecule has 0 radical (unpaired) electrons. The van der Waals surface area contributed by atoms with E-state index < -0.39 is 15.8 Å². The number of methoxy groups -OCH3 is 1. The number of ether oxygens (including phenoxy) is 2. The Morgan fingerprint density at radius 2 is 1.73 bits per heavy atom. The Labute approximate surface area is 228 Å². The first-order chi connectivity index (χ1) is 17.7. The number of benzene rings is 3. The maximum absolute atomic E-state index is 13.1. The minimum atomic E-state index is -0.536. The lowest BCUT2D eigenvalue weighted by Crippen LogP contribution is -2.27. The van der Waals surface area contributed by atoms with Crippen LogP contribution < -0.4 is 14.4 Å². The fourth-order valence-electron chi connectivity index (χ4n) is 3.39. The number of amides is 1. The van der Waals surface area contributed by atoms with Gasteiger partial charge >= 0.3 is 0 Å². The SMILES string of the molecule is COc1cc(/C=C2\SC(=S)N(c3cccc([N+](=O)[O-])c3)C2=O)c(Br)cc1OCc1ccc([N+](=O)[O-])cc1. The highest BCUT2D eigenvalue weighted by molar-refractivity contribution is 9.10. The van der Waals surface area contributed by atoms with Gasteiger partial charge in [-0.25, -0.2) is 0 Å². The molecular formula is C24H16BrN3O7S2. The second-order valence-electron chi connectivity index (χ2n) is 7.53. The molecule has 0 spiro atoms. The highest BCUT2D eigenvalue weighted by Gasteiger charge is 2.34. The van der Waals surface area contributed by atoms with E-state index in [1.807, 2.05) is 0 Å². The Morgan fingerprint density at radius 1 is 1.03 bits per heavy atom. The van der Waals surface area contributed by atoms with Crippen molar-refractivity contribution < 1.29 is 24.1 Å². The largest absolute Gasteiger partial charge is 0.493 e. The number of hydrogen-bond donors (Lipinski definition) is 0. The zero-order chi connectivity index (χ0) is 26.7. The van der Waals surface area contributed by atoms with Gasteiger partial charge in [-0.05, 0) is 47.5 Å². The van der Waals surface area contributed by atoms with E-state index in [2.05, 4.69) is 15.9 Å². The molecule has 0 saturated carbocycles. The average Bonchev–Trinajstić information content (AvgIpc) is 3.16. The van der Waals surface area contributed by atoms with Gasteiger partial charge < -0.3 is 9.47 Å². The Hall–Kier alpha value is -3.81. The standard InChI is InChI=1S/C24H16BrN3O7S2/c1-34-20-9-15(19(25)12-21(20)35-13-14-5-7-16(8-6-14)27(30)31)10-22-23(29)26(24(36)37-22)17-3-2-4-18(11-17)28(32)33/h2-12H,13H2,1H3/b22-10-. The minimum Gasteiger partial charge on any atom is -0.493 e. The van der Waals surface area contributed by atoms with Crippen molar-refractivity contribution in [3.63, 3.8) is 0 Å². The Morgan fingerprint density at radius 3 is 2.38 bits per heavy atom. The number of nitro benzene ring substituents is 2. The van der Waals surface area contributed by atoms with Crippen LogP contribution in [0.1, 0.15) is 11.1 Å². The lowest BCUT2D eigenvalue weighted by atomic mass is 10.1. The van der Waals surface area contributed by atoms with Gasteiger partial charge in [-0.1, -0.05) is 46.0 Å². The van der Waals surface area contributed by atoms with Crippen molar-refractivity contribution in [3.05, 3.63) is 101 Å². The molecule has 4 rings (SSSR count). The number of rotatable bonds is 8. The van der Waals surface area contributed by atoms with E-state index in [-0.39, 0.29) is 22.3 Å². The molecular weight excluding hydrogens is 586 g/mol. The summed E-state index contributed by atoms with van der Waals surface area (Å²) in [4.78, 5) is 35.7. The normalized spacial score (nSPS) is 14.2. The molecule has 3 aromatic rings. The van der Waals surface area contributed by atoms with E-state index in [1.54, 1.807) is 36.4 Å². The quantitative estimate of drug-likeness (QED) is 0.127. The molecule has 10 nitrogen and oxygen atoms in total. The van der Waals surface area contributed by atoms with Crippen LogP contribution in [0.25, 0.3) is 6.08 Å². The summed E-state index contributed by atoms with van der Waals surface area (Å²) in [7, 11) is 1.48. The fraction of sp³-hybridized carbons (Fsp3) is 0.0833. The van der Waals surface area contributed by atoms with E-state index >= 15 is 0 Å². The molecule has 0 aliphatic carbocycles. The molecule has 37 heavy (non-hydrogen) atoms. The number of nitrogens with zero attached hydrogens (tertiary/aromatic N) is 3. The van der Waals surface area contributed by atoms with Crippen LogP contribution in [0.15, 0.2) is 70.0 Å². The van der Waals surface area contributed by atoms with E-state index in [1.165, 1.54) is 42.3 Å². The molecule has 0 atom stereocenters. The summed E-state index contributed by atoms with van der Waals surface area (Å²) in [6, 6.07) is 15.1. The van der Waals surface area contributed by atoms with Gasteiger partial charge in [0.2, 0.25) is 0 Å². The highest BCUT2D eigenvalue weighted by Crippen LogP contribution is 2.40. The third kappa shape index (κ3) is 5.79. The number of hydrogen-bond acceptors (Lipinski definition) is 9. The third-order valence-corrected chi connectivity index (χ3v) is 7.19. The summed E-state index contributed by atoms with van der Waals surface area (Å²) >= 11 is 9.94. The van der Waals surface area contributed by atoms with Gasteiger partial charge in [0.25, 0.3) is 17.3 Å². The van der Waals surface area contributed by atoms with Crippen molar-refractivity contribution in [3.8, 4) is 11.5 Å². The molecule has 0 aromatic heterocycles. The van der Waals surface area contributed by atoms with Crippen LogP contribution in [0.2, 0.25) is 0 Å². The summed E-state index contributed by atoms with van der Waals surface area (Å²) in [6.07, 6.45) is 1.64. The lowest BCUT2D eigenvalue weighted by Gasteiger charge is -2.14. The second-order valence-corrected chi connectivity index (χ2v) is 10.1. The molecule has 0 N–H and O–H groups in total. The topological polar surface area (TPSA) is 125 Å². The number of halogens is 1. The average molecular weight is 602 g/mol. The van der Waals surface area contributed by atoms with Crippen molar-refractivity contribution >= 4 is 73.3 Å². The van der Waals surface area contributed by atoms with E-state index in [9.17, 15) is 25.0 Å². The number of nitro groups is 2. The summed E-state index contributed by atoms with van der Waals surface area (Å²) in [5, 5.41) is 22.0. The maximum atomic E-state index is 13.1. The summed E-state index contributed by atoms with van der Waals surface area (Å²) in [5.41, 5.74) is 1.51. The van der Waals surface area contributed by atoms with Crippen LogP contribution in [-0.4, -0.2) is 27.2 Å². The van der Waals surface area contributed by atoms with Crippen LogP contribution in [0.5, 0.6) is 11.5 Å². The Kier molecular flexibility index (Phi) is 7.86. The zero-order valence-corrected chi connectivity index (χ0v) is 22.2. The first-order valence-corrected chi connectivity index (χ1v) is 12.5. The predicted octanol–water partition coefficient (Wildman–Crippen LogP) is 6.26. The van der Waals surface area contributed by atoms with Crippen LogP contribution >= 0.6 is 39.9 Å². The van der Waals surface area contributed by atoms with E-state index in [0.29, 0.717) is 32.1 Å². The molecule has 3 aromatic carbocycles. The third-order valence-electron chi connectivity index (χ3n) is 5.20. The number of thiocarbonyl (C=S) groups is 1. The van der Waals surface area contributed by atoms with Crippen LogP contribution in [0.4, 0.5) is 17.1 Å². The maximum Gasteiger partial charge on any atom is 0.271 e. The number of anilines is 1. The van der Waals surface area contributed by atoms with Crippen LogP contribution in [0.3, 0.4) is 0 Å². The molecule has 1 heterocycles. The molecule has 0 unspecified atom stereocenters. The fourth-order valence-corrected chi connectivity index (χ4v) is 5.11. The van der Waals surface area contributed by atoms with Gasteiger partial charge in [0, 0.05) is 28.7 Å².